The maximum atomic E-state index is 13.6. The molecule has 0 spiro atoms. The summed E-state index contributed by atoms with van der Waals surface area (Å²) >= 11 is 12.6. The zero-order valence-electron chi connectivity index (χ0n) is 21.7. The van der Waals surface area contributed by atoms with Gasteiger partial charge in [-0.2, -0.15) is 5.10 Å². The van der Waals surface area contributed by atoms with E-state index in [2.05, 4.69) is 10.5 Å². The van der Waals surface area contributed by atoms with Gasteiger partial charge in [0.2, 0.25) is 0 Å². The van der Waals surface area contributed by atoms with E-state index < -0.39 is 22.5 Å². The second-order valence-corrected chi connectivity index (χ2v) is 11.6. The molecule has 0 unspecified atom stereocenters. The molecule has 0 bridgehead atoms. The van der Waals surface area contributed by atoms with Crippen LogP contribution in [0.15, 0.2) is 88.9 Å². The molecule has 0 radical (unpaired) electrons. The molecule has 4 aromatic rings. The zero-order chi connectivity index (χ0) is 28.2. The molecule has 1 amide bonds. The Morgan fingerprint density at radius 1 is 1.00 bits per heavy atom. The van der Waals surface area contributed by atoms with E-state index in [4.69, 9.17) is 23.2 Å². The molecular weight excluding hydrogens is 555 g/mol. The van der Waals surface area contributed by atoms with Crippen molar-refractivity contribution in [2.45, 2.75) is 32.1 Å². The van der Waals surface area contributed by atoms with Gasteiger partial charge in [-0.05, 0) is 68.3 Å². The predicted octanol–water partition coefficient (Wildman–Crippen LogP) is 6.31. The fraction of sp³-hybridized carbons (Fsp3) is 0.172. The predicted molar refractivity (Wildman–Crippen MR) is 158 cm³/mol. The number of nitrogens with one attached hydrogen (secondary N) is 1. The van der Waals surface area contributed by atoms with Crippen LogP contribution >= 0.6 is 23.2 Å². The van der Waals surface area contributed by atoms with Gasteiger partial charge in [0.05, 0.1) is 27.5 Å². The average molecular weight is 584 g/mol. The quantitative estimate of drug-likeness (QED) is 0.185. The Morgan fingerprint density at radius 2 is 1.69 bits per heavy atom. The van der Waals surface area contributed by atoms with Crippen molar-refractivity contribution in [2.75, 3.05) is 10.8 Å². The van der Waals surface area contributed by atoms with Crippen molar-refractivity contribution in [3.63, 3.8) is 0 Å². The Morgan fingerprint density at radius 3 is 2.41 bits per heavy atom. The van der Waals surface area contributed by atoms with Crippen molar-refractivity contribution >= 4 is 51.0 Å². The number of hydrogen-bond donors (Lipinski definition) is 1. The molecular formula is C29H28Cl2N4O3S. The third kappa shape index (κ3) is 6.19. The molecule has 7 nitrogen and oxygen atoms in total. The maximum absolute atomic E-state index is 13.6. The molecule has 0 aliphatic rings. The summed E-state index contributed by atoms with van der Waals surface area (Å²) in [5.74, 6) is -0.580. The molecule has 0 aliphatic carbocycles. The third-order valence-corrected chi connectivity index (χ3v) is 8.60. The number of amides is 1. The van der Waals surface area contributed by atoms with E-state index in [1.54, 1.807) is 48.5 Å². The highest BCUT2D eigenvalue weighted by Gasteiger charge is 2.28. The zero-order valence-corrected chi connectivity index (χ0v) is 24.1. The van der Waals surface area contributed by atoms with E-state index in [0.29, 0.717) is 22.2 Å². The first-order valence-electron chi connectivity index (χ1n) is 12.3. The number of nitrogens with zero attached hydrogens (tertiary/aromatic N) is 3. The molecule has 0 saturated carbocycles. The molecule has 1 N–H and O–H groups in total. The number of aromatic nitrogens is 1. The van der Waals surface area contributed by atoms with Gasteiger partial charge < -0.3 is 4.57 Å². The molecule has 1 aromatic heterocycles. The molecule has 0 fully saturated rings. The van der Waals surface area contributed by atoms with Crippen LogP contribution in [-0.2, 0) is 21.2 Å². The summed E-state index contributed by atoms with van der Waals surface area (Å²) in [5, 5.41) is 5.22. The van der Waals surface area contributed by atoms with Crippen molar-refractivity contribution in [2.24, 2.45) is 5.10 Å². The summed E-state index contributed by atoms with van der Waals surface area (Å²) in [6.45, 7) is 5.33. The van der Waals surface area contributed by atoms with E-state index in [0.717, 1.165) is 32.5 Å². The Labute approximate surface area is 238 Å². The number of rotatable bonds is 9. The van der Waals surface area contributed by atoms with Crippen LogP contribution in [0.4, 0.5) is 5.69 Å². The van der Waals surface area contributed by atoms with Gasteiger partial charge in [0.25, 0.3) is 15.9 Å². The van der Waals surface area contributed by atoms with Gasteiger partial charge in [0.1, 0.15) is 6.54 Å². The first-order valence-corrected chi connectivity index (χ1v) is 14.4. The van der Waals surface area contributed by atoms with Crippen molar-refractivity contribution in [3.8, 4) is 5.69 Å². The van der Waals surface area contributed by atoms with Crippen molar-refractivity contribution in [1.29, 1.82) is 0 Å². The molecule has 4 rings (SSSR count). The summed E-state index contributed by atoms with van der Waals surface area (Å²) in [4.78, 5) is 13.1. The van der Waals surface area contributed by atoms with E-state index in [1.807, 2.05) is 43.5 Å². The number of hydrogen-bond acceptors (Lipinski definition) is 4. The number of aryl methyl sites for hydroxylation is 2. The molecule has 3 aromatic carbocycles. The van der Waals surface area contributed by atoms with Crippen LogP contribution in [0.5, 0.6) is 0 Å². The number of carbonyl (C=O) groups excluding carboxylic acids is 1. The van der Waals surface area contributed by atoms with Crippen molar-refractivity contribution in [3.05, 3.63) is 111 Å². The van der Waals surface area contributed by atoms with Gasteiger partial charge in [-0.15, -0.1) is 0 Å². The minimum atomic E-state index is -4.01. The lowest BCUT2D eigenvalue weighted by Crippen LogP contribution is -2.40. The number of anilines is 1. The monoisotopic (exact) mass is 582 g/mol. The number of benzene rings is 3. The van der Waals surface area contributed by atoms with Crippen molar-refractivity contribution in [1.82, 2.24) is 9.99 Å². The smallest absolute Gasteiger partial charge is 0.264 e. The van der Waals surface area contributed by atoms with Crippen LogP contribution in [0.2, 0.25) is 10.0 Å². The largest absolute Gasteiger partial charge is 0.316 e. The van der Waals surface area contributed by atoms with Gasteiger partial charge in [-0.3, -0.25) is 9.10 Å². The Balaban J connectivity index is 1.58. The van der Waals surface area contributed by atoms with E-state index in [-0.39, 0.29) is 4.90 Å². The van der Waals surface area contributed by atoms with Crippen LogP contribution in [0.1, 0.15) is 29.4 Å². The molecule has 10 heteroatoms. The Hall–Kier alpha value is -3.59. The number of carbonyl (C=O) groups is 1. The lowest BCUT2D eigenvalue weighted by molar-refractivity contribution is -0.119. The van der Waals surface area contributed by atoms with E-state index >= 15 is 0 Å². The Kier molecular flexibility index (Phi) is 8.80. The highest BCUT2D eigenvalue weighted by Crippen LogP contribution is 2.29. The first kappa shape index (κ1) is 28.4. The first-order chi connectivity index (χ1) is 18.6. The lowest BCUT2D eigenvalue weighted by atomic mass is 10.1. The summed E-state index contributed by atoms with van der Waals surface area (Å²) < 4.78 is 30.3. The van der Waals surface area contributed by atoms with E-state index in [9.17, 15) is 13.2 Å². The lowest BCUT2D eigenvalue weighted by Gasteiger charge is -2.25. The van der Waals surface area contributed by atoms with Crippen LogP contribution in [-0.4, -0.2) is 31.7 Å². The number of halogens is 2. The maximum Gasteiger partial charge on any atom is 0.264 e. The summed E-state index contributed by atoms with van der Waals surface area (Å²) in [6.07, 6.45) is 2.12. The number of para-hydroxylation sites is 1. The third-order valence-electron chi connectivity index (χ3n) is 6.27. The second-order valence-electron chi connectivity index (χ2n) is 8.86. The molecule has 202 valence electrons. The van der Waals surface area contributed by atoms with Gasteiger partial charge in [-0.1, -0.05) is 66.5 Å². The summed E-state index contributed by atoms with van der Waals surface area (Å²) in [7, 11) is -4.01. The van der Waals surface area contributed by atoms with E-state index in [1.165, 1.54) is 18.3 Å². The minimum Gasteiger partial charge on any atom is -0.316 e. The highest BCUT2D eigenvalue weighted by molar-refractivity contribution is 7.92. The molecule has 39 heavy (non-hydrogen) atoms. The van der Waals surface area contributed by atoms with Gasteiger partial charge in [0.15, 0.2) is 0 Å². The molecule has 0 atom stereocenters. The van der Waals surface area contributed by atoms with Crippen molar-refractivity contribution < 1.29 is 13.2 Å². The minimum absolute atomic E-state index is 0.0966. The fourth-order valence-electron chi connectivity index (χ4n) is 4.36. The van der Waals surface area contributed by atoms with Crippen LogP contribution in [0.3, 0.4) is 0 Å². The molecule has 1 heterocycles. The Bertz CT molecular complexity index is 1630. The van der Waals surface area contributed by atoms with Crippen LogP contribution < -0.4 is 9.73 Å². The number of hydrazone groups is 1. The van der Waals surface area contributed by atoms with Crippen LogP contribution in [0, 0.1) is 13.8 Å². The highest BCUT2D eigenvalue weighted by atomic mass is 35.5. The molecule has 0 aliphatic heterocycles. The molecule has 0 saturated heterocycles. The SMILES string of the molecule is CCc1ccccc1N(CC(=O)N/N=C\c1cc(C)n(-c2cc(Cl)ccc2Cl)c1C)S(=O)(=O)c1ccccc1. The van der Waals surface area contributed by atoms with Gasteiger partial charge >= 0.3 is 0 Å². The average Bonchev–Trinajstić information content (AvgIpc) is 3.21. The van der Waals surface area contributed by atoms with Gasteiger partial charge in [0, 0.05) is 22.0 Å². The summed E-state index contributed by atoms with van der Waals surface area (Å²) in [6, 6.07) is 22.3. The fourth-order valence-corrected chi connectivity index (χ4v) is 6.21. The van der Waals surface area contributed by atoms with Gasteiger partial charge in [-0.25, -0.2) is 13.8 Å². The normalized spacial score (nSPS) is 11.6. The van der Waals surface area contributed by atoms with Crippen LogP contribution in [0.25, 0.3) is 5.69 Å². The second kappa shape index (κ2) is 12.1. The summed E-state index contributed by atoms with van der Waals surface area (Å²) in [5.41, 5.74) is 6.98. The number of sulfonamides is 1. The standard InChI is InChI=1S/C29H28Cl2N4O3S/c1-4-22-10-8-9-13-27(22)34(39(37,38)25-11-6-5-7-12-25)19-29(36)33-32-18-23-16-20(2)35(21(23)3)28-17-24(30)14-15-26(28)31/h5-18H,4,19H2,1-3H3,(H,33,36)/b32-18-. The topological polar surface area (TPSA) is 83.8 Å².